The van der Waals surface area contributed by atoms with Gasteiger partial charge in [0, 0.05) is 18.6 Å². The first-order chi connectivity index (χ1) is 9.20. The van der Waals surface area contributed by atoms with Crippen LogP contribution in [0.5, 0.6) is 0 Å². The molecule has 1 aromatic carbocycles. The Balaban J connectivity index is 1.94. The van der Waals surface area contributed by atoms with Crippen molar-refractivity contribution in [1.82, 2.24) is 10.2 Å². The SMILES string of the molecule is CCN(Cc1ccccc1CCNC(C)C)C1CC1. The lowest BCUT2D eigenvalue weighted by atomic mass is 10.0. The molecule has 0 spiro atoms. The van der Waals surface area contributed by atoms with Crippen molar-refractivity contribution in [3.63, 3.8) is 0 Å². The molecule has 2 heteroatoms. The molecule has 0 radical (unpaired) electrons. The highest BCUT2D eigenvalue weighted by molar-refractivity contribution is 5.27. The van der Waals surface area contributed by atoms with Gasteiger partial charge in [0.15, 0.2) is 0 Å². The summed E-state index contributed by atoms with van der Waals surface area (Å²) in [7, 11) is 0. The van der Waals surface area contributed by atoms with Crippen LogP contribution in [0.15, 0.2) is 24.3 Å². The van der Waals surface area contributed by atoms with Crippen LogP contribution in [0.3, 0.4) is 0 Å². The molecule has 0 bridgehead atoms. The summed E-state index contributed by atoms with van der Waals surface area (Å²) in [5.74, 6) is 0. The maximum absolute atomic E-state index is 3.51. The van der Waals surface area contributed by atoms with E-state index in [4.69, 9.17) is 0 Å². The van der Waals surface area contributed by atoms with Gasteiger partial charge in [0.25, 0.3) is 0 Å². The molecule has 2 rings (SSSR count). The lowest BCUT2D eigenvalue weighted by Gasteiger charge is -2.21. The quantitative estimate of drug-likeness (QED) is 0.772. The van der Waals surface area contributed by atoms with Crippen LogP contribution >= 0.6 is 0 Å². The number of benzene rings is 1. The summed E-state index contributed by atoms with van der Waals surface area (Å²) >= 11 is 0. The monoisotopic (exact) mass is 260 g/mol. The van der Waals surface area contributed by atoms with E-state index in [1.807, 2.05) is 0 Å². The fraction of sp³-hybridized carbons (Fsp3) is 0.647. The van der Waals surface area contributed by atoms with Crippen molar-refractivity contribution in [2.75, 3.05) is 13.1 Å². The van der Waals surface area contributed by atoms with Crippen LogP contribution in [0.25, 0.3) is 0 Å². The lowest BCUT2D eigenvalue weighted by Crippen LogP contribution is -2.27. The normalized spacial score (nSPS) is 15.4. The van der Waals surface area contributed by atoms with Gasteiger partial charge in [-0.2, -0.15) is 0 Å². The highest BCUT2D eigenvalue weighted by Crippen LogP contribution is 2.28. The third-order valence-electron chi connectivity index (χ3n) is 3.91. The average molecular weight is 260 g/mol. The zero-order valence-corrected chi connectivity index (χ0v) is 12.7. The Morgan fingerprint density at radius 3 is 2.47 bits per heavy atom. The van der Waals surface area contributed by atoms with Crippen molar-refractivity contribution in [3.05, 3.63) is 35.4 Å². The topological polar surface area (TPSA) is 15.3 Å². The molecule has 0 atom stereocenters. The molecule has 1 fully saturated rings. The van der Waals surface area contributed by atoms with Gasteiger partial charge in [-0.3, -0.25) is 4.90 Å². The van der Waals surface area contributed by atoms with Gasteiger partial charge >= 0.3 is 0 Å². The summed E-state index contributed by atoms with van der Waals surface area (Å²) in [6.07, 6.45) is 3.92. The molecule has 1 aliphatic rings. The molecule has 1 N–H and O–H groups in total. The third-order valence-corrected chi connectivity index (χ3v) is 3.91. The van der Waals surface area contributed by atoms with E-state index in [1.54, 1.807) is 0 Å². The van der Waals surface area contributed by atoms with E-state index in [2.05, 4.69) is 55.3 Å². The Bertz CT molecular complexity index is 383. The maximum Gasteiger partial charge on any atom is 0.0239 e. The summed E-state index contributed by atoms with van der Waals surface area (Å²) in [4.78, 5) is 2.62. The van der Waals surface area contributed by atoms with E-state index in [0.29, 0.717) is 6.04 Å². The Kier molecular flexibility index (Phi) is 5.41. The molecule has 0 aliphatic heterocycles. The van der Waals surface area contributed by atoms with Gasteiger partial charge in [-0.05, 0) is 43.5 Å². The zero-order chi connectivity index (χ0) is 13.7. The lowest BCUT2D eigenvalue weighted by molar-refractivity contribution is 0.268. The minimum absolute atomic E-state index is 0.575. The van der Waals surface area contributed by atoms with Crippen molar-refractivity contribution < 1.29 is 0 Å². The summed E-state index contributed by atoms with van der Waals surface area (Å²) in [6.45, 7) is 10.1. The van der Waals surface area contributed by atoms with Crippen molar-refractivity contribution in [2.45, 2.75) is 58.7 Å². The van der Waals surface area contributed by atoms with Gasteiger partial charge in [0.05, 0.1) is 0 Å². The van der Waals surface area contributed by atoms with E-state index < -0.39 is 0 Å². The Morgan fingerprint density at radius 1 is 1.21 bits per heavy atom. The molecule has 1 aliphatic carbocycles. The summed E-state index contributed by atoms with van der Waals surface area (Å²) in [5, 5.41) is 3.51. The van der Waals surface area contributed by atoms with Crippen molar-refractivity contribution in [3.8, 4) is 0 Å². The molecular weight excluding hydrogens is 232 g/mol. The largest absolute Gasteiger partial charge is 0.314 e. The minimum Gasteiger partial charge on any atom is -0.314 e. The second-order valence-electron chi connectivity index (χ2n) is 5.92. The second kappa shape index (κ2) is 7.06. The molecular formula is C17H28N2. The number of nitrogens with one attached hydrogen (secondary N) is 1. The number of nitrogens with zero attached hydrogens (tertiary/aromatic N) is 1. The molecule has 0 unspecified atom stereocenters. The van der Waals surface area contributed by atoms with Crippen LogP contribution in [-0.2, 0) is 13.0 Å². The van der Waals surface area contributed by atoms with Crippen LogP contribution in [0.1, 0.15) is 44.7 Å². The van der Waals surface area contributed by atoms with E-state index in [0.717, 1.165) is 25.6 Å². The van der Waals surface area contributed by atoms with Crippen LogP contribution in [0.4, 0.5) is 0 Å². The van der Waals surface area contributed by atoms with Gasteiger partial charge in [-0.1, -0.05) is 45.0 Å². The molecule has 1 aromatic rings. The van der Waals surface area contributed by atoms with Gasteiger partial charge < -0.3 is 5.32 Å². The van der Waals surface area contributed by atoms with Crippen LogP contribution in [-0.4, -0.2) is 30.1 Å². The Labute approximate surface area is 118 Å². The average Bonchev–Trinajstić information content (AvgIpc) is 3.21. The number of rotatable bonds is 8. The molecule has 106 valence electrons. The first-order valence-corrected chi connectivity index (χ1v) is 7.75. The Hall–Kier alpha value is -0.860. The molecule has 2 nitrogen and oxygen atoms in total. The highest BCUT2D eigenvalue weighted by Gasteiger charge is 2.27. The van der Waals surface area contributed by atoms with Gasteiger partial charge in [-0.15, -0.1) is 0 Å². The summed E-state index contributed by atoms with van der Waals surface area (Å²) in [6, 6.07) is 10.4. The first kappa shape index (κ1) is 14.5. The molecule has 0 amide bonds. The highest BCUT2D eigenvalue weighted by atomic mass is 15.2. The van der Waals surface area contributed by atoms with E-state index in [-0.39, 0.29) is 0 Å². The molecule has 19 heavy (non-hydrogen) atoms. The van der Waals surface area contributed by atoms with Crippen molar-refractivity contribution in [2.24, 2.45) is 0 Å². The van der Waals surface area contributed by atoms with Crippen LogP contribution in [0.2, 0.25) is 0 Å². The first-order valence-electron chi connectivity index (χ1n) is 7.75. The standard InChI is InChI=1S/C17H28N2/c1-4-19(17-9-10-17)13-16-8-6-5-7-15(16)11-12-18-14(2)3/h5-8,14,17-18H,4,9-13H2,1-3H3. The van der Waals surface area contributed by atoms with Gasteiger partial charge in [0.2, 0.25) is 0 Å². The molecule has 0 heterocycles. The van der Waals surface area contributed by atoms with E-state index in [1.165, 1.54) is 30.5 Å². The smallest absolute Gasteiger partial charge is 0.0239 e. The fourth-order valence-corrected chi connectivity index (χ4v) is 2.61. The summed E-state index contributed by atoms with van der Waals surface area (Å²) < 4.78 is 0. The van der Waals surface area contributed by atoms with Crippen molar-refractivity contribution in [1.29, 1.82) is 0 Å². The van der Waals surface area contributed by atoms with Gasteiger partial charge in [-0.25, -0.2) is 0 Å². The summed E-state index contributed by atoms with van der Waals surface area (Å²) in [5.41, 5.74) is 3.02. The number of hydrogen-bond donors (Lipinski definition) is 1. The predicted octanol–water partition coefficient (Wildman–Crippen LogP) is 3.21. The molecule has 0 aromatic heterocycles. The zero-order valence-electron chi connectivity index (χ0n) is 12.7. The molecule has 1 saturated carbocycles. The Morgan fingerprint density at radius 2 is 1.89 bits per heavy atom. The van der Waals surface area contributed by atoms with E-state index >= 15 is 0 Å². The molecule has 0 saturated heterocycles. The predicted molar refractivity (Wildman–Crippen MR) is 82.4 cm³/mol. The van der Waals surface area contributed by atoms with Crippen LogP contribution < -0.4 is 5.32 Å². The van der Waals surface area contributed by atoms with E-state index in [9.17, 15) is 0 Å². The third kappa shape index (κ3) is 4.63. The van der Waals surface area contributed by atoms with Crippen LogP contribution in [0, 0.1) is 0 Å². The minimum atomic E-state index is 0.575. The van der Waals surface area contributed by atoms with Crippen molar-refractivity contribution >= 4 is 0 Å². The van der Waals surface area contributed by atoms with Gasteiger partial charge in [0.1, 0.15) is 0 Å². The maximum atomic E-state index is 3.51. The number of hydrogen-bond acceptors (Lipinski definition) is 2. The second-order valence-corrected chi connectivity index (χ2v) is 5.92. The fourth-order valence-electron chi connectivity index (χ4n) is 2.61.